The van der Waals surface area contributed by atoms with Gasteiger partial charge in [0.15, 0.2) is 0 Å². The molecule has 0 N–H and O–H groups in total. The summed E-state index contributed by atoms with van der Waals surface area (Å²) >= 11 is 6.03. The topological polar surface area (TPSA) is 12.9 Å². The standard InChI is InChI=1S/C14H11NS2/c16-9-10-6-7-12-13(8-10)17-14(15-12)11-4-2-1-3-5-11/h1-8,16H,9H2. The van der Waals surface area contributed by atoms with E-state index >= 15 is 0 Å². The molecule has 0 bridgehead atoms. The van der Waals surface area contributed by atoms with Gasteiger partial charge >= 0.3 is 0 Å². The number of fused-ring (bicyclic) bond motifs is 1. The van der Waals surface area contributed by atoms with Gasteiger partial charge in [-0.2, -0.15) is 12.6 Å². The van der Waals surface area contributed by atoms with Crippen LogP contribution in [0.2, 0.25) is 0 Å². The van der Waals surface area contributed by atoms with Gasteiger partial charge in [0.2, 0.25) is 0 Å². The first-order valence-electron chi connectivity index (χ1n) is 5.42. The number of thiazole rings is 1. The SMILES string of the molecule is SCc1ccc2nc(-c3ccccc3)sc2c1. The fraction of sp³-hybridized carbons (Fsp3) is 0.0714. The van der Waals surface area contributed by atoms with E-state index in [1.54, 1.807) is 11.3 Å². The number of rotatable bonds is 2. The highest BCUT2D eigenvalue weighted by Gasteiger charge is 2.05. The molecule has 1 aromatic heterocycles. The van der Waals surface area contributed by atoms with Crippen LogP contribution < -0.4 is 0 Å². The predicted octanol–water partition coefficient (Wildman–Crippen LogP) is 4.39. The molecule has 0 saturated heterocycles. The molecule has 1 nitrogen and oxygen atoms in total. The van der Waals surface area contributed by atoms with Crippen LogP contribution in [0.25, 0.3) is 20.8 Å². The van der Waals surface area contributed by atoms with Gasteiger partial charge in [0, 0.05) is 11.3 Å². The summed E-state index contributed by atoms with van der Waals surface area (Å²) in [6.07, 6.45) is 0. The van der Waals surface area contributed by atoms with E-state index in [1.165, 1.54) is 15.8 Å². The molecule has 2 aromatic carbocycles. The molecular formula is C14H11NS2. The molecule has 84 valence electrons. The monoisotopic (exact) mass is 257 g/mol. The molecule has 0 radical (unpaired) electrons. The molecule has 3 aromatic rings. The third-order valence-corrected chi connectivity index (χ3v) is 4.09. The fourth-order valence-electron chi connectivity index (χ4n) is 1.77. The van der Waals surface area contributed by atoms with Gasteiger partial charge in [-0.05, 0) is 17.7 Å². The summed E-state index contributed by atoms with van der Waals surface area (Å²) in [6.45, 7) is 0. The molecule has 1 heterocycles. The fourth-order valence-corrected chi connectivity index (χ4v) is 3.00. The molecule has 0 aliphatic rings. The first kappa shape index (κ1) is 10.8. The van der Waals surface area contributed by atoms with E-state index < -0.39 is 0 Å². The molecule has 0 fully saturated rings. The highest BCUT2D eigenvalue weighted by Crippen LogP contribution is 2.30. The Morgan fingerprint density at radius 1 is 1.06 bits per heavy atom. The second-order valence-corrected chi connectivity index (χ2v) is 5.19. The Balaban J connectivity index is 2.14. The lowest BCUT2D eigenvalue weighted by Gasteiger charge is -1.93. The largest absolute Gasteiger partial charge is 0.236 e. The van der Waals surface area contributed by atoms with Crippen LogP contribution in [-0.4, -0.2) is 4.98 Å². The quantitative estimate of drug-likeness (QED) is 0.672. The van der Waals surface area contributed by atoms with E-state index in [2.05, 4.69) is 47.9 Å². The second kappa shape index (κ2) is 4.51. The Morgan fingerprint density at radius 2 is 1.88 bits per heavy atom. The van der Waals surface area contributed by atoms with Crippen molar-refractivity contribution in [2.75, 3.05) is 0 Å². The minimum atomic E-state index is 0.772. The first-order valence-corrected chi connectivity index (χ1v) is 6.87. The zero-order chi connectivity index (χ0) is 11.7. The molecule has 17 heavy (non-hydrogen) atoms. The molecule has 0 unspecified atom stereocenters. The predicted molar refractivity (Wildman–Crippen MR) is 77.7 cm³/mol. The molecule has 3 rings (SSSR count). The number of thiol groups is 1. The van der Waals surface area contributed by atoms with E-state index in [-0.39, 0.29) is 0 Å². The van der Waals surface area contributed by atoms with Crippen molar-refractivity contribution >= 4 is 34.2 Å². The van der Waals surface area contributed by atoms with Crippen molar-refractivity contribution in [1.82, 2.24) is 4.98 Å². The van der Waals surface area contributed by atoms with Crippen LogP contribution in [0, 0.1) is 0 Å². The van der Waals surface area contributed by atoms with Crippen molar-refractivity contribution in [2.45, 2.75) is 5.75 Å². The summed E-state index contributed by atoms with van der Waals surface area (Å²) in [5.41, 5.74) is 3.49. The molecular weight excluding hydrogens is 246 g/mol. The van der Waals surface area contributed by atoms with Crippen molar-refractivity contribution < 1.29 is 0 Å². The van der Waals surface area contributed by atoms with Crippen LogP contribution in [0.1, 0.15) is 5.56 Å². The van der Waals surface area contributed by atoms with Crippen LogP contribution in [0.4, 0.5) is 0 Å². The number of aromatic nitrogens is 1. The van der Waals surface area contributed by atoms with Gasteiger partial charge in [-0.1, -0.05) is 36.4 Å². The molecule has 0 aliphatic carbocycles. The van der Waals surface area contributed by atoms with Crippen molar-refractivity contribution in [3.8, 4) is 10.6 Å². The maximum Gasteiger partial charge on any atom is 0.124 e. The number of hydrogen-bond donors (Lipinski definition) is 1. The van der Waals surface area contributed by atoms with Gasteiger partial charge in [0.25, 0.3) is 0 Å². The van der Waals surface area contributed by atoms with Gasteiger partial charge in [0.1, 0.15) is 5.01 Å². The van der Waals surface area contributed by atoms with E-state index in [1.807, 2.05) is 18.2 Å². The van der Waals surface area contributed by atoms with E-state index in [0.29, 0.717) is 0 Å². The van der Waals surface area contributed by atoms with Crippen LogP contribution >= 0.6 is 24.0 Å². The average molecular weight is 257 g/mol. The summed E-state index contributed by atoms with van der Waals surface area (Å²) in [6, 6.07) is 16.6. The Kier molecular flexibility index (Phi) is 2.87. The van der Waals surface area contributed by atoms with E-state index in [0.717, 1.165) is 16.3 Å². The van der Waals surface area contributed by atoms with Gasteiger partial charge in [-0.3, -0.25) is 0 Å². The van der Waals surface area contributed by atoms with Crippen molar-refractivity contribution in [3.05, 3.63) is 54.1 Å². The lowest BCUT2D eigenvalue weighted by Crippen LogP contribution is -1.76. The first-order chi connectivity index (χ1) is 8.36. The zero-order valence-electron chi connectivity index (χ0n) is 9.13. The zero-order valence-corrected chi connectivity index (χ0v) is 10.8. The molecule has 3 heteroatoms. The van der Waals surface area contributed by atoms with Crippen LogP contribution in [0.3, 0.4) is 0 Å². The summed E-state index contributed by atoms with van der Waals surface area (Å²) in [4.78, 5) is 4.65. The Labute approximate surface area is 110 Å². The Hall–Kier alpha value is -1.32. The maximum absolute atomic E-state index is 4.65. The minimum absolute atomic E-state index is 0.772. The summed E-state index contributed by atoms with van der Waals surface area (Å²) in [5, 5.41) is 1.08. The summed E-state index contributed by atoms with van der Waals surface area (Å²) in [5.74, 6) is 0.772. The van der Waals surface area contributed by atoms with Crippen molar-refractivity contribution in [2.24, 2.45) is 0 Å². The average Bonchev–Trinajstić information content (AvgIpc) is 2.82. The Morgan fingerprint density at radius 3 is 2.65 bits per heavy atom. The summed E-state index contributed by atoms with van der Waals surface area (Å²) in [7, 11) is 0. The molecule has 0 atom stereocenters. The molecule has 0 saturated carbocycles. The molecule has 0 spiro atoms. The maximum atomic E-state index is 4.65. The van der Waals surface area contributed by atoms with Crippen molar-refractivity contribution in [3.63, 3.8) is 0 Å². The number of benzene rings is 2. The van der Waals surface area contributed by atoms with Gasteiger partial charge < -0.3 is 0 Å². The second-order valence-electron chi connectivity index (χ2n) is 3.85. The number of nitrogens with zero attached hydrogens (tertiary/aromatic N) is 1. The van der Waals surface area contributed by atoms with Crippen molar-refractivity contribution in [1.29, 1.82) is 0 Å². The van der Waals surface area contributed by atoms with E-state index in [9.17, 15) is 0 Å². The minimum Gasteiger partial charge on any atom is -0.236 e. The highest BCUT2D eigenvalue weighted by molar-refractivity contribution is 7.79. The smallest absolute Gasteiger partial charge is 0.124 e. The molecule has 0 amide bonds. The van der Waals surface area contributed by atoms with Crippen LogP contribution in [-0.2, 0) is 5.75 Å². The van der Waals surface area contributed by atoms with Crippen LogP contribution in [0.5, 0.6) is 0 Å². The lowest BCUT2D eigenvalue weighted by molar-refractivity contribution is 1.43. The Bertz CT molecular complexity index is 644. The van der Waals surface area contributed by atoms with Crippen LogP contribution in [0.15, 0.2) is 48.5 Å². The number of hydrogen-bond acceptors (Lipinski definition) is 3. The lowest BCUT2D eigenvalue weighted by atomic mass is 10.2. The molecule has 0 aliphatic heterocycles. The third-order valence-electron chi connectivity index (χ3n) is 2.66. The van der Waals surface area contributed by atoms with Gasteiger partial charge in [-0.25, -0.2) is 4.98 Å². The highest BCUT2D eigenvalue weighted by atomic mass is 32.1. The normalized spacial score (nSPS) is 10.9. The van der Waals surface area contributed by atoms with E-state index in [4.69, 9.17) is 0 Å². The van der Waals surface area contributed by atoms with Gasteiger partial charge in [0.05, 0.1) is 10.2 Å². The summed E-state index contributed by atoms with van der Waals surface area (Å²) < 4.78 is 1.23. The van der Waals surface area contributed by atoms with Gasteiger partial charge in [-0.15, -0.1) is 11.3 Å². The third kappa shape index (κ3) is 2.08.